The highest BCUT2D eigenvalue weighted by molar-refractivity contribution is 7.99. The van der Waals surface area contributed by atoms with Gasteiger partial charge in [0.1, 0.15) is 4.90 Å². The monoisotopic (exact) mass is 347 g/mol. The highest BCUT2D eigenvalue weighted by atomic mass is 35.5. The van der Waals surface area contributed by atoms with Crippen LogP contribution >= 0.6 is 23.4 Å². The maximum atomic E-state index is 12.3. The third-order valence-electron chi connectivity index (χ3n) is 2.92. The molecule has 1 atom stereocenters. The first-order valence-corrected chi connectivity index (χ1v) is 9.21. The zero-order valence-electron chi connectivity index (χ0n) is 11.0. The molecule has 1 aliphatic rings. The first-order chi connectivity index (χ1) is 9.88. The molecule has 1 aromatic rings. The molecule has 21 heavy (non-hydrogen) atoms. The van der Waals surface area contributed by atoms with Crippen molar-refractivity contribution in [1.82, 2.24) is 4.72 Å². The fourth-order valence-electron chi connectivity index (χ4n) is 1.92. The van der Waals surface area contributed by atoms with Crippen molar-refractivity contribution < 1.29 is 18.3 Å². The van der Waals surface area contributed by atoms with Gasteiger partial charge in [-0.15, -0.1) is 0 Å². The number of nitrogens with one attached hydrogen (secondary N) is 1. The maximum Gasteiger partial charge on any atom is 0.328 e. The van der Waals surface area contributed by atoms with Crippen LogP contribution in [0.5, 0.6) is 0 Å². The summed E-state index contributed by atoms with van der Waals surface area (Å²) in [5.41, 5.74) is 0.526. The number of carboxylic acids is 1. The van der Waals surface area contributed by atoms with Gasteiger partial charge in [-0.1, -0.05) is 17.7 Å². The molecule has 1 unspecified atom stereocenters. The summed E-state index contributed by atoms with van der Waals surface area (Å²) in [5, 5.41) is 8.63. The van der Waals surface area contributed by atoms with E-state index in [9.17, 15) is 13.2 Å². The molecule has 0 aromatic heterocycles. The van der Waals surface area contributed by atoms with Gasteiger partial charge in [0.2, 0.25) is 10.0 Å². The third-order valence-corrected chi connectivity index (χ3v) is 6.08. The predicted octanol–water partition coefficient (Wildman–Crippen LogP) is 2.22. The summed E-state index contributed by atoms with van der Waals surface area (Å²) in [6, 6.07) is 4.26. The van der Waals surface area contributed by atoms with Gasteiger partial charge in [0, 0.05) is 17.9 Å². The normalized spacial score (nSPS) is 19.2. The van der Waals surface area contributed by atoms with Crippen molar-refractivity contribution in [1.29, 1.82) is 0 Å². The molecule has 1 saturated heterocycles. The lowest BCUT2D eigenvalue weighted by atomic mass is 10.2. The number of aliphatic carboxylic acids is 1. The summed E-state index contributed by atoms with van der Waals surface area (Å²) >= 11 is 7.72. The van der Waals surface area contributed by atoms with Crippen molar-refractivity contribution in [2.24, 2.45) is 0 Å². The standard InChI is InChI=1S/C13H14ClNO4S2/c14-11-7-9(2-4-13(16)17)1-3-12(11)21(18,19)15-10-5-6-20-8-10/h1-4,7,10,15H,5-6,8H2,(H,16,17)/b4-2+. The van der Waals surface area contributed by atoms with Crippen molar-refractivity contribution >= 4 is 45.4 Å². The van der Waals surface area contributed by atoms with E-state index in [0.717, 1.165) is 24.0 Å². The summed E-state index contributed by atoms with van der Waals surface area (Å²) in [7, 11) is -3.66. The lowest BCUT2D eigenvalue weighted by Crippen LogP contribution is -2.34. The second-order valence-electron chi connectivity index (χ2n) is 4.54. The third kappa shape index (κ3) is 4.47. The number of hydrogen-bond acceptors (Lipinski definition) is 4. The van der Waals surface area contributed by atoms with Crippen LogP contribution in [0.25, 0.3) is 6.08 Å². The molecule has 5 nitrogen and oxygen atoms in total. The van der Waals surface area contributed by atoms with Gasteiger partial charge in [-0.3, -0.25) is 0 Å². The second-order valence-corrected chi connectivity index (χ2v) is 7.78. The fraction of sp³-hybridized carbons (Fsp3) is 0.308. The highest BCUT2D eigenvalue weighted by Crippen LogP contribution is 2.25. The maximum absolute atomic E-state index is 12.3. The number of benzene rings is 1. The topological polar surface area (TPSA) is 83.5 Å². The number of halogens is 1. The van der Waals surface area contributed by atoms with Crippen LogP contribution in [0.1, 0.15) is 12.0 Å². The van der Waals surface area contributed by atoms with Gasteiger partial charge in [-0.05, 0) is 35.9 Å². The molecule has 0 saturated carbocycles. The van der Waals surface area contributed by atoms with Crippen LogP contribution in [0.3, 0.4) is 0 Å². The highest BCUT2D eigenvalue weighted by Gasteiger charge is 2.24. The number of hydrogen-bond donors (Lipinski definition) is 2. The molecule has 1 aromatic carbocycles. The van der Waals surface area contributed by atoms with Crippen molar-refractivity contribution in [3.8, 4) is 0 Å². The molecule has 114 valence electrons. The molecule has 0 spiro atoms. The van der Waals surface area contributed by atoms with E-state index in [-0.39, 0.29) is 16.0 Å². The zero-order chi connectivity index (χ0) is 15.5. The quantitative estimate of drug-likeness (QED) is 0.798. The van der Waals surface area contributed by atoms with Crippen LogP contribution in [-0.4, -0.2) is 37.0 Å². The van der Waals surface area contributed by atoms with E-state index < -0.39 is 16.0 Å². The van der Waals surface area contributed by atoms with Crippen molar-refractivity contribution in [2.45, 2.75) is 17.4 Å². The largest absolute Gasteiger partial charge is 0.478 e. The van der Waals surface area contributed by atoms with E-state index in [1.165, 1.54) is 24.3 Å². The minimum absolute atomic E-state index is 0.00791. The molecule has 2 N–H and O–H groups in total. The van der Waals surface area contributed by atoms with Gasteiger partial charge >= 0.3 is 5.97 Å². The minimum atomic E-state index is -3.66. The molecule has 0 aliphatic carbocycles. The molecule has 0 radical (unpaired) electrons. The average Bonchev–Trinajstić information content (AvgIpc) is 2.88. The van der Waals surface area contributed by atoms with Crippen LogP contribution in [0.2, 0.25) is 5.02 Å². The van der Waals surface area contributed by atoms with E-state index in [1.54, 1.807) is 11.8 Å². The van der Waals surface area contributed by atoms with Crippen LogP contribution in [0, 0.1) is 0 Å². The number of carbonyl (C=O) groups is 1. The Morgan fingerprint density at radius 3 is 2.81 bits per heavy atom. The summed E-state index contributed by atoms with van der Waals surface area (Å²) in [6.45, 7) is 0. The number of rotatable bonds is 5. The Morgan fingerprint density at radius 2 is 2.24 bits per heavy atom. The molecule has 0 bridgehead atoms. The van der Waals surface area contributed by atoms with Crippen molar-refractivity contribution in [3.05, 3.63) is 34.9 Å². The molecular formula is C13H14ClNO4S2. The first-order valence-electron chi connectivity index (χ1n) is 6.19. The molecule has 8 heteroatoms. The van der Waals surface area contributed by atoms with Gasteiger partial charge in [0.05, 0.1) is 5.02 Å². The van der Waals surface area contributed by atoms with E-state index >= 15 is 0 Å². The first kappa shape index (κ1) is 16.4. The molecule has 1 aliphatic heterocycles. The van der Waals surface area contributed by atoms with E-state index in [2.05, 4.69) is 4.72 Å². The Morgan fingerprint density at radius 1 is 1.48 bits per heavy atom. The summed E-state index contributed by atoms with van der Waals surface area (Å²) in [4.78, 5) is 10.5. The van der Waals surface area contributed by atoms with Crippen LogP contribution in [-0.2, 0) is 14.8 Å². The molecule has 2 rings (SSSR count). The van der Waals surface area contributed by atoms with Gasteiger partial charge < -0.3 is 5.11 Å². The Hall–Kier alpha value is -1.02. The lowest BCUT2D eigenvalue weighted by Gasteiger charge is -2.13. The SMILES string of the molecule is O=C(O)/C=C/c1ccc(S(=O)(=O)NC2CCSC2)c(Cl)c1. The molecular weight excluding hydrogens is 334 g/mol. The van der Waals surface area contributed by atoms with Crippen LogP contribution in [0.4, 0.5) is 0 Å². The van der Waals surface area contributed by atoms with E-state index in [4.69, 9.17) is 16.7 Å². The Labute approximate surface area is 132 Å². The van der Waals surface area contributed by atoms with Gasteiger partial charge in [0.25, 0.3) is 0 Å². The minimum Gasteiger partial charge on any atom is -0.478 e. The van der Waals surface area contributed by atoms with Crippen molar-refractivity contribution in [3.63, 3.8) is 0 Å². The van der Waals surface area contributed by atoms with Crippen molar-refractivity contribution in [2.75, 3.05) is 11.5 Å². The smallest absolute Gasteiger partial charge is 0.328 e. The van der Waals surface area contributed by atoms with Gasteiger partial charge in [-0.2, -0.15) is 11.8 Å². The van der Waals surface area contributed by atoms with Gasteiger partial charge in [-0.25, -0.2) is 17.9 Å². The summed E-state index contributed by atoms with van der Waals surface area (Å²) < 4.78 is 27.2. The summed E-state index contributed by atoms with van der Waals surface area (Å²) in [5.74, 6) is 0.624. The Balaban J connectivity index is 2.21. The number of sulfonamides is 1. The lowest BCUT2D eigenvalue weighted by molar-refractivity contribution is -0.131. The Kier molecular flexibility index (Phi) is 5.32. The average molecular weight is 348 g/mol. The number of carboxylic acid groups (broad SMARTS) is 1. The zero-order valence-corrected chi connectivity index (χ0v) is 13.3. The summed E-state index contributed by atoms with van der Waals surface area (Å²) in [6.07, 6.45) is 3.13. The predicted molar refractivity (Wildman–Crippen MR) is 84.2 cm³/mol. The molecule has 0 amide bonds. The van der Waals surface area contributed by atoms with E-state index in [1.807, 2.05) is 0 Å². The molecule has 1 heterocycles. The van der Waals surface area contributed by atoms with Crippen LogP contribution < -0.4 is 4.72 Å². The van der Waals surface area contributed by atoms with E-state index in [0.29, 0.717) is 5.56 Å². The van der Waals surface area contributed by atoms with Crippen LogP contribution in [0.15, 0.2) is 29.2 Å². The molecule has 1 fully saturated rings. The number of thioether (sulfide) groups is 1. The fourth-order valence-corrected chi connectivity index (χ4v) is 5.00. The Bertz CT molecular complexity index is 667. The second kappa shape index (κ2) is 6.83. The van der Waals surface area contributed by atoms with Gasteiger partial charge in [0.15, 0.2) is 0 Å².